The molecule has 5 nitrogen and oxygen atoms in total. The van der Waals surface area contributed by atoms with Gasteiger partial charge in [-0.2, -0.15) is 0 Å². The van der Waals surface area contributed by atoms with Crippen LogP contribution in [0.25, 0.3) is 6.08 Å². The number of halogens is 1. The molecular weight excluding hydrogens is 412 g/mol. The smallest absolute Gasteiger partial charge is 0.270 e. The van der Waals surface area contributed by atoms with E-state index in [0.29, 0.717) is 30.3 Å². The highest BCUT2D eigenvalue weighted by atomic mass is 35.5. The van der Waals surface area contributed by atoms with E-state index >= 15 is 0 Å². The molecule has 0 spiro atoms. The van der Waals surface area contributed by atoms with Crippen LogP contribution in [0.1, 0.15) is 54.9 Å². The molecular formula is C25H29ClN2O3. The standard InChI is InChI=1S/C25H29ClN2O3/c1-2-3-17-31-22-13-9-20(10-14-22)24(29)27-23(18-19-7-11-21(26)12-8-19)25(30)28-15-5-4-6-16-28/h7-14,18H,2-6,15-17H2,1H3,(H,27,29). The van der Waals surface area contributed by atoms with Crippen molar-refractivity contribution in [2.75, 3.05) is 19.7 Å². The first-order valence-electron chi connectivity index (χ1n) is 10.9. The van der Waals surface area contributed by atoms with Gasteiger partial charge in [0.1, 0.15) is 11.4 Å². The van der Waals surface area contributed by atoms with Gasteiger partial charge in [-0.05, 0) is 73.7 Å². The number of likely N-dealkylation sites (tertiary alicyclic amines) is 1. The average Bonchev–Trinajstić information content (AvgIpc) is 2.80. The number of hydrogen-bond donors (Lipinski definition) is 1. The van der Waals surface area contributed by atoms with Crippen LogP contribution in [-0.4, -0.2) is 36.4 Å². The first-order valence-corrected chi connectivity index (χ1v) is 11.3. The van der Waals surface area contributed by atoms with E-state index in [1.54, 1.807) is 47.4 Å². The van der Waals surface area contributed by atoms with Gasteiger partial charge in [-0.1, -0.05) is 37.1 Å². The summed E-state index contributed by atoms with van der Waals surface area (Å²) in [5.74, 6) is 0.236. The van der Waals surface area contributed by atoms with Crippen molar-refractivity contribution in [3.63, 3.8) is 0 Å². The number of benzene rings is 2. The lowest BCUT2D eigenvalue weighted by molar-refractivity contribution is -0.128. The lowest BCUT2D eigenvalue weighted by Gasteiger charge is -2.27. The van der Waals surface area contributed by atoms with Gasteiger partial charge in [0, 0.05) is 23.7 Å². The molecule has 0 saturated carbocycles. The van der Waals surface area contributed by atoms with E-state index in [9.17, 15) is 9.59 Å². The summed E-state index contributed by atoms with van der Waals surface area (Å²) in [5.41, 5.74) is 1.53. The first-order chi connectivity index (χ1) is 15.1. The van der Waals surface area contributed by atoms with Gasteiger partial charge in [0.15, 0.2) is 0 Å². The fourth-order valence-electron chi connectivity index (χ4n) is 3.38. The fraction of sp³-hybridized carbons (Fsp3) is 0.360. The van der Waals surface area contributed by atoms with Gasteiger partial charge in [0.05, 0.1) is 6.61 Å². The highest BCUT2D eigenvalue weighted by Gasteiger charge is 2.22. The Bertz CT molecular complexity index is 901. The number of nitrogens with one attached hydrogen (secondary N) is 1. The van der Waals surface area contributed by atoms with Crippen LogP contribution in [0, 0.1) is 0 Å². The van der Waals surface area contributed by atoms with Crippen molar-refractivity contribution in [3.05, 3.63) is 70.4 Å². The van der Waals surface area contributed by atoms with E-state index in [0.717, 1.165) is 43.4 Å². The summed E-state index contributed by atoms with van der Waals surface area (Å²) >= 11 is 5.97. The Morgan fingerprint density at radius 1 is 1.03 bits per heavy atom. The third-order valence-corrected chi connectivity index (χ3v) is 5.44. The SMILES string of the molecule is CCCCOc1ccc(C(=O)NC(=Cc2ccc(Cl)cc2)C(=O)N2CCCCC2)cc1. The van der Waals surface area contributed by atoms with Crippen molar-refractivity contribution in [1.29, 1.82) is 0 Å². The van der Waals surface area contributed by atoms with Crippen LogP contribution < -0.4 is 10.1 Å². The second kappa shape index (κ2) is 11.6. The molecule has 0 bridgehead atoms. The number of carbonyl (C=O) groups is 2. The summed E-state index contributed by atoms with van der Waals surface area (Å²) in [6.45, 7) is 4.17. The largest absolute Gasteiger partial charge is 0.494 e. The zero-order valence-corrected chi connectivity index (χ0v) is 18.7. The van der Waals surface area contributed by atoms with Gasteiger partial charge in [0.2, 0.25) is 0 Å². The molecule has 1 heterocycles. The Morgan fingerprint density at radius 3 is 2.35 bits per heavy atom. The number of hydrogen-bond acceptors (Lipinski definition) is 3. The molecule has 2 aromatic carbocycles. The Kier molecular flexibility index (Phi) is 8.53. The summed E-state index contributed by atoms with van der Waals surface area (Å²) < 4.78 is 5.65. The van der Waals surface area contributed by atoms with E-state index in [2.05, 4.69) is 12.2 Å². The lowest BCUT2D eigenvalue weighted by atomic mass is 10.1. The van der Waals surface area contributed by atoms with Crippen LogP contribution in [0.15, 0.2) is 54.2 Å². The zero-order chi connectivity index (χ0) is 22.1. The zero-order valence-electron chi connectivity index (χ0n) is 17.9. The van der Waals surface area contributed by atoms with E-state index in [-0.39, 0.29) is 17.5 Å². The second-order valence-corrected chi connectivity index (χ2v) is 8.08. The molecule has 0 atom stereocenters. The number of ether oxygens (including phenoxy) is 1. The van der Waals surface area contributed by atoms with E-state index in [1.165, 1.54) is 0 Å². The molecule has 0 unspecified atom stereocenters. The molecule has 2 amide bonds. The van der Waals surface area contributed by atoms with Gasteiger partial charge in [0.25, 0.3) is 11.8 Å². The van der Waals surface area contributed by atoms with Crippen molar-refractivity contribution in [1.82, 2.24) is 10.2 Å². The summed E-state index contributed by atoms with van der Waals surface area (Å²) in [6.07, 6.45) is 6.83. The highest BCUT2D eigenvalue weighted by molar-refractivity contribution is 6.30. The normalized spacial score (nSPS) is 14.3. The molecule has 1 fully saturated rings. The minimum atomic E-state index is -0.328. The number of piperidine rings is 1. The molecule has 3 rings (SSSR count). The molecule has 0 aromatic heterocycles. The number of nitrogens with zero attached hydrogens (tertiary/aromatic N) is 1. The lowest BCUT2D eigenvalue weighted by Crippen LogP contribution is -2.41. The maximum absolute atomic E-state index is 13.1. The first kappa shape index (κ1) is 22.9. The summed E-state index contributed by atoms with van der Waals surface area (Å²) in [7, 11) is 0. The number of amides is 2. The molecule has 31 heavy (non-hydrogen) atoms. The van der Waals surface area contributed by atoms with Gasteiger partial charge < -0.3 is 15.0 Å². The van der Waals surface area contributed by atoms with Crippen molar-refractivity contribution < 1.29 is 14.3 Å². The molecule has 1 aliphatic rings. The predicted octanol–water partition coefficient (Wildman–Crippen LogP) is 5.30. The summed E-state index contributed by atoms with van der Waals surface area (Å²) in [4.78, 5) is 27.8. The van der Waals surface area contributed by atoms with Crippen LogP contribution in [0.3, 0.4) is 0 Å². The van der Waals surface area contributed by atoms with Crippen LogP contribution in [-0.2, 0) is 4.79 Å². The van der Waals surface area contributed by atoms with E-state index in [4.69, 9.17) is 16.3 Å². The Balaban J connectivity index is 1.76. The fourth-order valence-corrected chi connectivity index (χ4v) is 3.50. The third-order valence-electron chi connectivity index (χ3n) is 5.19. The molecule has 0 aliphatic carbocycles. The Labute approximate surface area is 189 Å². The topological polar surface area (TPSA) is 58.6 Å². The van der Waals surface area contributed by atoms with Crippen LogP contribution in [0.2, 0.25) is 5.02 Å². The van der Waals surface area contributed by atoms with Gasteiger partial charge in [-0.3, -0.25) is 9.59 Å². The second-order valence-electron chi connectivity index (χ2n) is 7.64. The summed E-state index contributed by atoms with van der Waals surface area (Å²) in [5, 5.41) is 3.44. The maximum Gasteiger partial charge on any atom is 0.270 e. The Hall–Kier alpha value is -2.79. The quantitative estimate of drug-likeness (QED) is 0.447. The number of rotatable bonds is 8. The van der Waals surface area contributed by atoms with Gasteiger partial charge in [-0.25, -0.2) is 0 Å². The molecule has 6 heteroatoms. The molecule has 1 saturated heterocycles. The minimum Gasteiger partial charge on any atom is -0.494 e. The maximum atomic E-state index is 13.1. The van der Waals surface area contributed by atoms with E-state index < -0.39 is 0 Å². The van der Waals surface area contributed by atoms with Crippen LogP contribution in [0.4, 0.5) is 0 Å². The number of unbranched alkanes of at least 4 members (excludes halogenated alkanes) is 1. The van der Waals surface area contributed by atoms with Crippen molar-refractivity contribution in [2.45, 2.75) is 39.0 Å². The molecule has 0 radical (unpaired) electrons. The van der Waals surface area contributed by atoms with Gasteiger partial charge >= 0.3 is 0 Å². The van der Waals surface area contributed by atoms with Crippen LogP contribution in [0.5, 0.6) is 5.75 Å². The van der Waals surface area contributed by atoms with Gasteiger partial charge in [-0.15, -0.1) is 0 Å². The average molecular weight is 441 g/mol. The summed E-state index contributed by atoms with van der Waals surface area (Å²) in [6, 6.07) is 14.1. The molecule has 1 aliphatic heterocycles. The van der Waals surface area contributed by atoms with Crippen molar-refractivity contribution in [2.24, 2.45) is 0 Å². The van der Waals surface area contributed by atoms with E-state index in [1.807, 2.05) is 12.1 Å². The van der Waals surface area contributed by atoms with Crippen molar-refractivity contribution >= 4 is 29.5 Å². The number of carbonyl (C=O) groups excluding carboxylic acids is 2. The van der Waals surface area contributed by atoms with Crippen LogP contribution >= 0.6 is 11.6 Å². The predicted molar refractivity (Wildman–Crippen MR) is 124 cm³/mol. The van der Waals surface area contributed by atoms with Crippen molar-refractivity contribution in [3.8, 4) is 5.75 Å². The molecule has 2 aromatic rings. The molecule has 1 N–H and O–H groups in total. The third kappa shape index (κ3) is 6.86. The highest BCUT2D eigenvalue weighted by Crippen LogP contribution is 2.17. The monoisotopic (exact) mass is 440 g/mol. The minimum absolute atomic E-state index is 0.164. The molecule has 164 valence electrons. The Morgan fingerprint density at radius 2 is 1.71 bits per heavy atom.